The number of fused-ring (bicyclic) bond motifs is 3. The number of aromatic nitrogens is 1. The van der Waals surface area contributed by atoms with Gasteiger partial charge in [-0.2, -0.15) is 0 Å². The first-order valence-corrected chi connectivity index (χ1v) is 10.5. The highest BCUT2D eigenvalue weighted by atomic mass is 19.1. The Balaban J connectivity index is 1.47. The highest BCUT2D eigenvalue weighted by Gasteiger charge is 2.32. The summed E-state index contributed by atoms with van der Waals surface area (Å²) in [5, 5.41) is 1.11. The summed E-state index contributed by atoms with van der Waals surface area (Å²) in [4.78, 5) is 20.9. The van der Waals surface area contributed by atoms with Crippen molar-refractivity contribution in [2.75, 3.05) is 33.2 Å². The van der Waals surface area contributed by atoms with E-state index in [-0.39, 0.29) is 17.6 Å². The van der Waals surface area contributed by atoms with Crippen LogP contribution < -0.4 is 0 Å². The highest BCUT2D eigenvalue weighted by molar-refractivity contribution is 5.99. The molecule has 0 radical (unpaired) electrons. The molecule has 2 heterocycles. The SMILES string of the molecule is CN1CCN(C(=O)C2CCc3c([nH]c4cccc(-c5ccccc5F)c34)C2)CC1. The minimum absolute atomic E-state index is 0.0379. The van der Waals surface area contributed by atoms with Crippen molar-refractivity contribution in [1.82, 2.24) is 14.8 Å². The van der Waals surface area contributed by atoms with Crippen LogP contribution in [0.2, 0.25) is 0 Å². The van der Waals surface area contributed by atoms with Crippen LogP contribution in [0, 0.1) is 11.7 Å². The maximum Gasteiger partial charge on any atom is 0.226 e. The Kier molecular flexibility index (Phi) is 4.63. The molecule has 1 atom stereocenters. The lowest BCUT2D eigenvalue weighted by molar-refractivity contribution is -0.137. The van der Waals surface area contributed by atoms with Crippen molar-refractivity contribution in [2.24, 2.45) is 5.92 Å². The molecule has 0 bridgehead atoms. The fourth-order valence-electron chi connectivity index (χ4n) is 4.89. The number of benzene rings is 2. The number of carbonyl (C=O) groups is 1. The van der Waals surface area contributed by atoms with Crippen LogP contribution in [0.3, 0.4) is 0 Å². The van der Waals surface area contributed by atoms with E-state index in [9.17, 15) is 9.18 Å². The molecule has 1 saturated heterocycles. The predicted octanol–water partition coefficient (Wildman–Crippen LogP) is 3.85. The number of aromatic amines is 1. The summed E-state index contributed by atoms with van der Waals surface area (Å²) in [6.07, 6.45) is 2.45. The van der Waals surface area contributed by atoms with E-state index in [0.717, 1.165) is 67.6 Å². The lowest BCUT2D eigenvalue weighted by Crippen LogP contribution is -2.49. The van der Waals surface area contributed by atoms with E-state index < -0.39 is 0 Å². The number of nitrogens with one attached hydrogen (secondary N) is 1. The number of rotatable bonds is 2. The summed E-state index contributed by atoms with van der Waals surface area (Å²) in [5.74, 6) is 0.126. The second-order valence-corrected chi connectivity index (χ2v) is 8.36. The Morgan fingerprint density at radius 3 is 2.59 bits per heavy atom. The van der Waals surface area contributed by atoms with Gasteiger partial charge in [-0.15, -0.1) is 0 Å². The normalized spacial score (nSPS) is 20.1. The molecule has 1 amide bonds. The smallest absolute Gasteiger partial charge is 0.226 e. The molecule has 2 aliphatic rings. The summed E-state index contributed by atoms with van der Waals surface area (Å²) in [6.45, 7) is 3.54. The van der Waals surface area contributed by atoms with Crippen molar-refractivity contribution >= 4 is 16.8 Å². The Bertz CT molecular complexity index is 1070. The number of likely N-dealkylation sites (N-methyl/N-ethyl adjacent to an activating group) is 1. The molecule has 1 aromatic heterocycles. The van der Waals surface area contributed by atoms with Crippen molar-refractivity contribution in [2.45, 2.75) is 19.3 Å². The van der Waals surface area contributed by atoms with Crippen LogP contribution in [0.5, 0.6) is 0 Å². The highest BCUT2D eigenvalue weighted by Crippen LogP contribution is 2.38. The number of carbonyl (C=O) groups excluding carboxylic acids is 1. The maximum atomic E-state index is 14.5. The molecule has 5 heteroatoms. The predicted molar refractivity (Wildman–Crippen MR) is 113 cm³/mol. The van der Waals surface area contributed by atoms with Crippen molar-refractivity contribution in [1.29, 1.82) is 0 Å². The summed E-state index contributed by atoms with van der Waals surface area (Å²) < 4.78 is 14.5. The first-order chi connectivity index (χ1) is 14.1. The molecule has 1 aliphatic heterocycles. The zero-order valence-electron chi connectivity index (χ0n) is 16.7. The average molecular weight is 391 g/mol. The molecule has 1 fully saturated rings. The largest absolute Gasteiger partial charge is 0.358 e. The minimum Gasteiger partial charge on any atom is -0.358 e. The molecule has 1 N–H and O–H groups in total. The summed E-state index contributed by atoms with van der Waals surface area (Å²) in [5.41, 5.74) is 4.99. The number of piperazine rings is 1. The summed E-state index contributed by atoms with van der Waals surface area (Å²) in [6, 6.07) is 13.0. The van der Waals surface area contributed by atoms with Crippen molar-refractivity contribution in [3.63, 3.8) is 0 Å². The molecule has 2 aromatic carbocycles. The number of nitrogens with zero attached hydrogens (tertiary/aromatic N) is 2. The van der Waals surface area contributed by atoms with Crippen molar-refractivity contribution in [3.8, 4) is 11.1 Å². The van der Waals surface area contributed by atoms with E-state index in [1.807, 2.05) is 29.2 Å². The number of amides is 1. The fraction of sp³-hybridized carbons (Fsp3) is 0.375. The van der Waals surface area contributed by atoms with E-state index in [2.05, 4.69) is 23.0 Å². The lowest BCUT2D eigenvalue weighted by atomic mass is 9.84. The molecule has 5 rings (SSSR count). The quantitative estimate of drug-likeness (QED) is 0.721. The van der Waals surface area contributed by atoms with Crippen molar-refractivity contribution < 1.29 is 9.18 Å². The van der Waals surface area contributed by atoms with Gasteiger partial charge in [0.2, 0.25) is 5.91 Å². The third-order valence-corrected chi connectivity index (χ3v) is 6.54. The van der Waals surface area contributed by atoms with Gasteiger partial charge in [0, 0.05) is 54.3 Å². The van der Waals surface area contributed by atoms with Gasteiger partial charge in [-0.25, -0.2) is 4.39 Å². The van der Waals surface area contributed by atoms with Crippen LogP contribution >= 0.6 is 0 Å². The number of halogens is 1. The van der Waals surface area contributed by atoms with Gasteiger partial charge in [0.05, 0.1) is 0 Å². The van der Waals surface area contributed by atoms with Crippen LogP contribution in [0.25, 0.3) is 22.0 Å². The van der Waals surface area contributed by atoms with Crippen LogP contribution in [-0.2, 0) is 17.6 Å². The van der Waals surface area contributed by atoms with Gasteiger partial charge in [-0.3, -0.25) is 4.79 Å². The van der Waals surface area contributed by atoms with Crippen LogP contribution in [0.1, 0.15) is 17.7 Å². The van der Waals surface area contributed by atoms with Gasteiger partial charge >= 0.3 is 0 Å². The zero-order chi connectivity index (χ0) is 20.0. The standard InChI is InChI=1S/C24H26FN3O/c1-27-11-13-28(14-12-27)24(29)16-9-10-19-22(15-16)26-21-8-4-6-18(23(19)21)17-5-2-3-7-20(17)25/h2-8,16,26H,9-15H2,1H3. The van der Waals surface area contributed by atoms with Gasteiger partial charge in [-0.05, 0) is 49.6 Å². The molecule has 0 saturated carbocycles. The molecule has 0 spiro atoms. The van der Waals surface area contributed by atoms with Crippen LogP contribution in [0.15, 0.2) is 42.5 Å². The number of aryl methyl sites for hydroxylation is 1. The molecule has 1 unspecified atom stereocenters. The second-order valence-electron chi connectivity index (χ2n) is 8.36. The molecular weight excluding hydrogens is 365 g/mol. The van der Waals surface area contributed by atoms with Gasteiger partial charge in [-0.1, -0.05) is 30.3 Å². The Hall–Kier alpha value is -2.66. The number of hydrogen-bond acceptors (Lipinski definition) is 2. The molecule has 150 valence electrons. The fourth-order valence-corrected chi connectivity index (χ4v) is 4.89. The minimum atomic E-state index is -0.200. The topological polar surface area (TPSA) is 39.3 Å². The summed E-state index contributed by atoms with van der Waals surface area (Å²) in [7, 11) is 2.10. The Labute approximate surface area is 170 Å². The van der Waals surface area contributed by atoms with E-state index in [4.69, 9.17) is 0 Å². The Morgan fingerprint density at radius 2 is 1.79 bits per heavy atom. The van der Waals surface area contributed by atoms with Gasteiger partial charge in [0.1, 0.15) is 5.82 Å². The second kappa shape index (κ2) is 7.30. The molecule has 3 aromatic rings. The number of hydrogen-bond donors (Lipinski definition) is 1. The van der Waals surface area contributed by atoms with Gasteiger partial charge in [0.25, 0.3) is 0 Å². The third-order valence-electron chi connectivity index (χ3n) is 6.54. The average Bonchev–Trinajstić information content (AvgIpc) is 3.12. The van der Waals surface area contributed by atoms with Crippen LogP contribution in [-0.4, -0.2) is 53.9 Å². The monoisotopic (exact) mass is 391 g/mol. The van der Waals surface area contributed by atoms with E-state index in [0.29, 0.717) is 5.56 Å². The molecule has 1 aliphatic carbocycles. The van der Waals surface area contributed by atoms with Crippen LogP contribution in [0.4, 0.5) is 4.39 Å². The van der Waals surface area contributed by atoms with E-state index >= 15 is 0 Å². The molecular formula is C24H26FN3O. The lowest BCUT2D eigenvalue weighted by Gasteiger charge is -2.35. The number of H-pyrrole nitrogens is 1. The van der Waals surface area contributed by atoms with Gasteiger partial charge < -0.3 is 14.8 Å². The molecule has 29 heavy (non-hydrogen) atoms. The molecule has 4 nitrogen and oxygen atoms in total. The summed E-state index contributed by atoms with van der Waals surface area (Å²) >= 11 is 0. The first kappa shape index (κ1) is 18.4. The van der Waals surface area contributed by atoms with Gasteiger partial charge in [0.15, 0.2) is 0 Å². The Morgan fingerprint density at radius 1 is 1.03 bits per heavy atom. The van der Waals surface area contributed by atoms with E-state index in [1.54, 1.807) is 6.07 Å². The zero-order valence-corrected chi connectivity index (χ0v) is 16.7. The maximum absolute atomic E-state index is 14.5. The first-order valence-electron chi connectivity index (χ1n) is 10.5. The third kappa shape index (κ3) is 3.23. The van der Waals surface area contributed by atoms with Crippen molar-refractivity contribution in [3.05, 3.63) is 59.5 Å². The van der Waals surface area contributed by atoms with E-state index in [1.165, 1.54) is 11.6 Å².